The first-order chi connectivity index (χ1) is 17.0. The largest absolute Gasteiger partial charge is 0.464 e. The molecule has 4 heteroatoms. The van der Waals surface area contributed by atoms with Crippen molar-refractivity contribution in [3.05, 3.63) is 96.2 Å². The van der Waals surface area contributed by atoms with Crippen LogP contribution >= 0.6 is 8.15 Å². The molecule has 0 bridgehead atoms. The zero-order valence-corrected chi connectivity index (χ0v) is 23.1. The Bertz CT molecular complexity index is 1390. The van der Waals surface area contributed by atoms with E-state index in [2.05, 4.69) is 108 Å². The number of hydrogen-bond donors (Lipinski definition) is 0. The highest BCUT2D eigenvalue weighted by atomic mass is 31.1. The Morgan fingerprint density at radius 2 is 1.44 bits per heavy atom. The van der Waals surface area contributed by atoms with Gasteiger partial charge in [-0.1, -0.05) is 90.6 Å². The predicted octanol–water partition coefficient (Wildman–Crippen LogP) is 8.23. The molecule has 1 atom stereocenters. The molecule has 0 aliphatic rings. The zero-order valence-electron chi connectivity index (χ0n) is 22.2. The third kappa shape index (κ3) is 5.27. The summed E-state index contributed by atoms with van der Waals surface area (Å²) in [6.45, 7) is 21.3. The Hall–Kier alpha value is -3.29. The molecule has 4 aromatic rings. The number of fused-ring (bicyclic) bond motifs is 1. The zero-order chi connectivity index (χ0) is 26.1. The third-order valence-corrected chi connectivity index (χ3v) is 8.30. The highest BCUT2D eigenvalue weighted by Gasteiger charge is 2.27. The molecule has 1 heterocycles. The lowest BCUT2D eigenvalue weighted by Crippen LogP contribution is -2.20. The Labute approximate surface area is 216 Å². The van der Waals surface area contributed by atoms with Crippen molar-refractivity contribution in [2.45, 2.75) is 52.4 Å². The van der Waals surface area contributed by atoms with Crippen molar-refractivity contribution in [1.82, 2.24) is 4.98 Å². The summed E-state index contributed by atoms with van der Waals surface area (Å²) in [5.41, 5.74) is 5.14. The number of aliphatic imine (C=N–C) groups is 1. The number of rotatable bonds is 6. The van der Waals surface area contributed by atoms with Crippen LogP contribution in [0.1, 0.15) is 58.2 Å². The third-order valence-electron chi connectivity index (χ3n) is 6.31. The van der Waals surface area contributed by atoms with Gasteiger partial charge >= 0.3 is 0 Å². The molecule has 0 radical (unpaired) electrons. The Kier molecular flexibility index (Phi) is 7.16. The molecule has 0 spiro atoms. The van der Waals surface area contributed by atoms with Crippen molar-refractivity contribution in [1.29, 1.82) is 0 Å². The summed E-state index contributed by atoms with van der Waals surface area (Å²) in [6.07, 6.45) is 3.66. The average molecular weight is 495 g/mol. The molecule has 1 unspecified atom stereocenters. The normalized spacial score (nSPS) is 12.8. The van der Waals surface area contributed by atoms with Gasteiger partial charge < -0.3 is 4.52 Å². The van der Waals surface area contributed by atoms with E-state index in [0.29, 0.717) is 0 Å². The monoisotopic (exact) mass is 494 g/mol. The Morgan fingerprint density at radius 3 is 2.06 bits per heavy atom. The van der Waals surface area contributed by atoms with Gasteiger partial charge in [-0.2, -0.15) is 0 Å². The molecular formula is C32H35N2OP. The van der Waals surface area contributed by atoms with E-state index in [1.807, 2.05) is 30.5 Å². The fourth-order valence-electron chi connectivity index (χ4n) is 4.15. The minimum absolute atomic E-state index is 0.0142. The van der Waals surface area contributed by atoms with E-state index in [4.69, 9.17) is 9.51 Å². The van der Waals surface area contributed by atoms with Gasteiger partial charge in [0.05, 0.1) is 11.2 Å². The SMILES string of the molecule is C=Cc1cccc(P(Oc2cc(C(C)(C)C)cc(C(C)(C)C)c2)c2cccc3cccnc23)c1N=C. The number of hydrogen-bond acceptors (Lipinski definition) is 3. The minimum atomic E-state index is -1.32. The van der Waals surface area contributed by atoms with Gasteiger partial charge in [-0.05, 0) is 59.0 Å². The first-order valence-electron chi connectivity index (χ1n) is 12.2. The first-order valence-corrected chi connectivity index (χ1v) is 13.5. The van der Waals surface area contributed by atoms with Gasteiger partial charge in [-0.25, -0.2) is 0 Å². The maximum absolute atomic E-state index is 7.01. The molecule has 0 aliphatic carbocycles. The van der Waals surface area contributed by atoms with Crippen LogP contribution in [0.25, 0.3) is 17.0 Å². The van der Waals surface area contributed by atoms with Crippen molar-refractivity contribution in [3.63, 3.8) is 0 Å². The molecule has 1 aromatic heterocycles. The van der Waals surface area contributed by atoms with Crippen LogP contribution in [0.4, 0.5) is 5.69 Å². The number of benzene rings is 3. The van der Waals surface area contributed by atoms with Gasteiger partial charge in [0.15, 0.2) is 8.15 Å². The summed E-state index contributed by atoms with van der Waals surface area (Å²) in [5.74, 6) is 0.852. The fraction of sp³-hybridized carbons (Fsp3) is 0.250. The van der Waals surface area contributed by atoms with Gasteiger partial charge in [-0.3, -0.25) is 9.98 Å². The van der Waals surface area contributed by atoms with Crippen molar-refractivity contribution >= 4 is 48.1 Å². The van der Waals surface area contributed by atoms with Gasteiger partial charge in [0.1, 0.15) is 5.75 Å². The number of para-hydroxylation sites is 2. The van der Waals surface area contributed by atoms with E-state index < -0.39 is 8.15 Å². The van der Waals surface area contributed by atoms with Crippen molar-refractivity contribution < 1.29 is 4.52 Å². The Balaban J connectivity index is 1.98. The lowest BCUT2D eigenvalue weighted by molar-refractivity contribution is 0.554. The highest BCUT2D eigenvalue weighted by molar-refractivity contribution is 7.69. The van der Waals surface area contributed by atoms with E-state index in [1.165, 1.54) is 11.1 Å². The van der Waals surface area contributed by atoms with Crippen LogP contribution in [0.2, 0.25) is 0 Å². The van der Waals surface area contributed by atoms with Gasteiger partial charge in [0.2, 0.25) is 0 Å². The fourth-order valence-corrected chi connectivity index (χ4v) is 6.14. The highest BCUT2D eigenvalue weighted by Crippen LogP contribution is 2.44. The number of nitrogens with zero attached hydrogens (tertiary/aromatic N) is 2. The second-order valence-electron chi connectivity index (χ2n) is 11.1. The number of pyridine rings is 1. The summed E-state index contributed by atoms with van der Waals surface area (Å²) >= 11 is 0. The Morgan fingerprint density at radius 1 is 0.833 bits per heavy atom. The second kappa shape index (κ2) is 9.99. The molecule has 3 aromatic carbocycles. The average Bonchev–Trinajstić information content (AvgIpc) is 2.85. The topological polar surface area (TPSA) is 34.5 Å². The molecule has 0 saturated heterocycles. The van der Waals surface area contributed by atoms with E-state index >= 15 is 0 Å². The molecule has 3 nitrogen and oxygen atoms in total. The summed E-state index contributed by atoms with van der Waals surface area (Å²) < 4.78 is 7.01. The van der Waals surface area contributed by atoms with E-state index in [9.17, 15) is 0 Å². The van der Waals surface area contributed by atoms with Crippen molar-refractivity contribution in [2.75, 3.05) is 0 Å². The van der Waals surface area contributed by atoms with Crippen molar-refractivity contribution in [2.24, 2.45) is 4.99 Å². The van der Waals surface area contributed by atoms with Crippen LogP contribution in [0.15, 0.2) is 84.5 Å². The molecule has 0 fully saturated rings. The molecule has 184 valence electrons. The molecule has 0 aliphatic heterocycles. The standard InChI is InChI=1S/C32H35N2OP/c1-9-22-13-10-16-27(29(22)33-8)36(28-17-11-14-23-15-12-18-34-30(23)28)35-26-20-24(31(2,3)4)19-25(21-26)32(5,6)7/h9-21H,1,8H2,2-7H3. The molecular weight excluding hydrogens is 459 g/mol. The molecule has 36 heavy (non-hydrogen) atoms. The summed E-state index contributed by atoms with van der Waals surface area (Å²) in [5, 5.41) is 3.12. The maximum Gasteiger partial charge on any atom is 0.155 e. The van der Waals surface area contributed by atoms with E-state index in [0.717, 1.165) is 38.5 Å². The van der Waals surface area contributed by atoms with E-state index in [1.54, 1.807) is 0 Å². The second-order valence-corrected chi connectivity index (χ2v) is 12.8. The summed E-state index contributed by atoms with van der Waals surface area (Å²) in [6, 6.07) is 23.1. The van der Waals surface area contributed by atoms with Crippen LogP contribution in [-0.4, -0.2) is 11.7 Å². The van der Waals surface area contributed by atoms with Crippen LogP contribution in [0.3, 0.4) is 0 Å². The minimum Gasteiger partial charge on any atom is -0.464 e. The molecule has 0 amide bonds. The van der Waals surface area contributed by atoms with Crippen LogP contribution < -0.4 is 15.1 Å². The van der Waals surface area contributed by atoms with Crippen LogP contribution in [-0.2, 0) is 10.8 Å². The first kappa shape index (κ1) is 25.8. The van der Waals surface area contributed by atoms with Gasteiger partial charge in [0, 0.05) is 27.8 Å². The molecule has 0 saturated carbocycles. The lowest BCUT2D eigenvalue weighted by atomic mass is 9.80. The molecule has 0 N–H and O–H groups in total. The lowest BCUT2D eigenvalue weighted by Gasteiger charge is -2.28. The smallest absolute Gasteiger partial charge is 0.155 e. The predicted molar refractivity (Wildman–Crippen MR) is 158 cm³/mol. The maximum atomic E-state index is 7.01. The van der Waals surface area contributed by atoms with Crippen LogP contribution in [0, 0.1) is 0 Å². The number of aromatic nitrogens is 1. The van der Waals surface area contributed by atoms with Gasteiger partial charge in [-0.15, -0.1) is 0 Å². The molecule has 4 rings (SSSR count). The summed E-state index contributed by atoms with van der Waals surface area (Å²) in [7, 11) is -1.32. The van der Waals surface area contributed by atoms with E-state index in [-0.39, 0.29) is 10.8 Å². The van der Waals surface area contributed by atoms with Gasteiger partial charge in [0.25, 0.3) is 0 Å². The quantitative estimate of drug-likeness (QED) is 0.200. The summed E-state index contributed by atoms with van der Waals surface area (Å²) in [4.78, 5) is 9.17. The van der Waals surface area contributed by atoms with Crippen LogP contribution in [0.5, 0.6) is 5.75 Å². The van der Waals surface area contributed by atoms with Crippen molar-refractivity contribution in [3.8, 4) is 5.75 Å².